The summed E-state index contributed by atoms with van der Waals surface area (Å²) >= 11 is 0. The number of amides is 1. The van der Waals surface area contributed by atoms with Gasteiger partial charge in [-0.1, -0.05) is 42.0 Å². The van der Waals surface area contributed by atoms with Gasteiger partial charge in [-0.2, -0.15) is 0 Å². The van der Waals surface area contributed by atoms with E-state index < -0.39 is 0 Å². The Bertz CT molecular complexity index is 858. The van der Waals surface area contributed by atoms with Gasteiger partial charge < -0.3 is 10.6 Å². The molecule has 0 saturated heterocycles. The lowest BCUT2D eigenvalue weighted by Gasteiger charge is -2.08. The molecule has 0 radical (unpaired) electrons. The molecule has 2 aromatic carbocycles. The Labute approximate surface area is 147 Å². The average Bonchev–Trinajstić information content (AvgIpc) is 2.63. The third-order valence-corrected chi connectivity index (χ3v) is 3.93. The Morgan fingerprint density at radius 2 is 1.68 bits per heavy atom. The minimum atomic E-state index is -0.276. The van der Waals surface area contributed by atoms with Gasteiger partial charge in [0.1, 0.15) is 5.82 Å². The van der Waals surface area contributed by atoms with E-state index in [4.69, 9.17) is 0 Å². The Hall–Kier alpha value is -3.21. The van der Waals surface area contributed by atoms with E-state index in [9.17, 15) is 4.79 Å². The molecule has 0 bridgehead atoms. The quantitative estimate of drug-likeness (QED) is 0.742. The zero-order chi connectivity index (χ0) is 17.6. The molecule has 5 nitrogen and oxygen atoms in total. The zero-order valence-corrected chi connectivity index (χ0v) is 14.3. The van der Waals surface area contributed by atoms with Crippen molar-refractivity contribution in [1.82, 2.24) is 10.2 Å². The molecule has 1 amide bonds. The fraction of sp³-hybridized carbons (Fsp3) is 0.150. The molecule has 0 unspecified atom stereocenters. The number of rotatable bonds is 5. The van der Waals surface area contributed by atoms with Gasteiger partial charge in [0, 0.05) is 12.2 Å². The first-order valence-corrected chi connectivity index (χ1v) is 8.12. The summed E-state index contributed by atoms with van der Waals surface area (Å²) in [4.78, 5) is 12.2. The minimum Gasteiger partial charge on any atom is -0.364 e. The molecule has 25 heavy (non-hydrogen) atoms. The van der Waals surface area contributed by atoms with Gasteiger partial charge in [-0.15, -0.1) is 10.2 Å². The van der Waals surface area contributed by atoms with Crippen molar-refractivity contribution in [3.63, 3.8) is 0 Å². The van der Waals surface area contributed by atoms with E-state index in [-0.39, 0.29) is 11.6 Å². The zero-order valence-electron chi connectivity index (χ0n) is 14.3. The summed E-state index contributed by atoms with van der Waals surface area (Å²) in [6.45, 7) is 4.73. The van der Waals surface area contributed by atoms with Crippen LogP contribution in [0.1, 0.15) is 27.2 Å². The van der Waals surface area contributed by atoms with E-state index in [1.165, 1.54) is 11.1 Å². The van der Waals surface area contributed by atoms with Crippen molar-refractivity contribution in [3.8, 4) is 0 Å². The molecule has 0 aliphatic rings. The first-order chi connectivity index (χ1) is 12.1. The number of nitrogens with zero attached hydrogens (tertiary/aromatic N) is 2. The Balaban J connectivity index is 1.60. The molecule has 2 N–H and O–H groups in total. The van der Waals surface area contributed by atoms with Crippen LogP contribution in [0.4, 0.5) is 11.5 Å². The number of benzene rings is 2. The van der Waals surface area contributed by atoms with Gasteiger partial charge in [-0.05, 0) is 49.2 Å². The molecule has 0 aliphatic carbocycles. The monoisotopic (exact) mass is 332 g/mol. The molecule has 0 atom stereocenters. The highest BCUT2D eigenvalue weighted by Crippen LogP contribution is 2.12. The topological polar surface area (TPSA) is 66.9 Å². The Morgan fingerprint density at radius 1 is 0.920 bits per heavy atom. The molecule has 1 aromatic heterocycles. The average molecular weight is 332 g/mol. The lowest BCUT2D eigenvalue weighted by molar-refractivity contribution is 0.102. The highest BCUT2D eigenvalue weighted by Gasteiger charge is 2.08. The lowest BCUT2D eigenvalue weighted by Crippen LogP contribution is -2.15. The van der Waals surface area contributed by atoms with Gasteiger partial charge in [-0.25, -0.2) is 0 Å². The minimum absolute atomic E-state index is 0.276. The molecule has 5 heteroatoms. The summed E-state index contributed by atoms with van der Waals surface area (Å²) < 4.78 is 0. The van der Waals surface area contributed by atoms with Crippen molar-refractivity contribution < 1.29 is 4.79 Å². The van der Waals surface area contributed by atoms with Gasteiger partial charge >= 0.3 is 0 Å². The van der Waals surface area contributed by atoms with E-state index in [1.807, 2.05) is 43.3 Å². The van der Waals surface area contributed by atoms with Crippen molar-refractivity contribution in [1.29, 1.82) is 0 Å². The fourth-order valence-corrected chi connectivity index (χ4v) is 2.37. The molecule has 126 valence electrons. The number of anilines is 2. The number of nitrogens with one attached hydrogen (secondary N) is 2. The van der Waals surface area contributed by atoms with Crippen LogP contribution in [0.2, 0.25) is 0 Å². The van der Waals surface area contributed by atoms with Gasteiger partial charge in [0.25, 0.3) is 5.91 Å². The van der Waals surface area contributed by atoms with Gasteiger partial charge in [0.15, 0.2) is 5.69 Å². The molecule has 0 saturated carbocycles. The van der Waals surface area contributed by atoms with Crippen molar-refractivity contribution >= 4 is 17.4 Å². The first-order valence-electron chi connectivity index (χ1n) is 8.12. The van der Waals surface area contributed by atoms with Crippen LogP contribution in [0.3, 0.4) is 0 Å². The van der Waals surface area contributed by atoms with Crippen LogP contribution >= 0.6 is 0 Å². The number of carbonyl (C=O) groups is 1. The van der Waals surface area contributed by atoms with Gasteiger partial charge in [0.2, 0.25) is 0 Å². The van der Waals surface area contributed by atoms with E-state index in [0.29, 0.717) is 12.4 Å². The Morgan fingerprint density at radius 3 is 2.36 bits per heavy atom. The molecular formula is C20H20N4O. The summed E-state index contributed by atoms with van der Waals surface area (Å²) in [6, 6.07) is 19.2. The molecule has 3 aromatic rings. The molecule has 0 fully saturated rings. The van der Waals surface area contributed by atoms with Crippen LogP contribution < -0.4 is 10.6 Å². The van der Waals surface area contributed by atoms with E-state index in [1.54, 1.807) is 12.1 Å². The molecule has 0 spiro atoms. The summed E-state index contributed by atoms with van der Waals surface area (Å²) in [7, 11) is 0. The predicted octanol–water partition coefficient (Wildman–Crippen LogP) is 3.96. The van der Waals surface area contributed by atoms with Crippen LogP contribution in [0.5, 0.6) is 0 Å². The maximum Gasteiger partial charge on any atom is 0.276 e. The van der Waals surface area contributed by atoms with E-state index in [0.717, 1.165) is 11.3 Å². The van der Waals surface area contributed by atoms with Gasteiger partial charge in [-0.3, -0.25) is 4.79 Å². The summed E-state index contributed by atoms with van der Waals surface area (Å²) in [6.07, 6.45) is 0. The SMILES string of the molecule is Cc1ccc(NC(=O)c2ccc(NCc3ccccc3C)nn2)cc1. The molecule has 0 aliphatic heterocycles. The highest BCUT2D eigenvalue weighted by atomic mass is 16.1. The molecular weight excluding hydrogens is 312 g/mol. The van der Waals surface area contributed by atoms with Crippen LogP contribution in [0, 0.1) is 13.8 Å². The lowest BCUT2D eigenvalue weighted by atomic mass is 10.1. The second kappa shape index (κ2) is 7.57. The van der Waals surface area contributed by atoms with Crippen LogP contribution in [0.25, 0.3) is 0 Å². The summed E-state index contributed by atoms with van der Waals surface area (Å²) in [5, 5.41) is 14.1. The second-order valence-corrected chi connectivity index (χ2v) is 5.90. The normalized spacial score (nSPS) is 10.3. The van der Waals surface area contributed by atoms with Crippen molar-refractivity contribution in [2.45, 2.75) is 20.4 Å². The first kappa shape index (κ1) is 16.6. The summed E-state index contributed by atoms with van der Waals surface area (Å²) in [5.41, 5.74) is 4.57. The highest BCUT2D eigenvalue weighted by molar-refractivity contribution is 6.02. The third kappa shape index (κ3) is 4.41. The fourth-order valence-electron chi connectivity index (χ4n) is 2.37. The number of hydrogen-bond donors (Lipinski definition) is 2. The number of aromatic nitrogens is 2. The maximum atomic E-state index is 12.2. The standard InChI is InChI=1S/C20H20N4O/c1-14-7-9-17(10-8-14)22-20(25)18-11-12-19(24-23-18)21-13-16-6-4-3-5-15(16)2/h3-12H,13H2,1-2H3,(H,21,24)(H,22,25). The Kier molecular flexibility index (Phi) is 5.04. The van der Waals surface area contributed by atoms with Crippen LogP contribution in [-0.4, -0.2) is 16.1 Å². The number of aryl methyl sites for hydroxylation is 2. The maximum absolute atomic E-state index is 12.2. The third-order valence-electron chi connectivity index (χ3n) is 3.93. The van der Waals surface area contributed by atoms with Crippen LogP contribution in [0.15, 0.2) is 60.7 Å². The second-order valence-electron chi connectivity index (χ2n) is 5.90. The smallest absolute Gasteiger partial charge is 0.276 e. The van der Waals surface area contributed by atoms with Gasteiger partial charge in [0.05, 0.1) is 0 Å². The molecule has 1 heterocycles. The van der Waals surface area contributed by atoms with Crippen molar-refractivity contribution in [3.05, 3.63) is 83.0 Å². The number of carbonyl (C=O) groups excluding carboxylic acids is 1. The van der Waals surface area contributed by atoms with Crippen molar-refractivity contribution in [2.75, 3.05) is 10.6 Å². The summed E-state index contributed by atoms with van der Waals surface area (Å²) in [5.74, 6) is 0.358. The van der Waals surface area contributed by atoms with Crippen LogP contribution in [-0.2, 0) is 6.54 Å². The number of hydrogen-bond acceptors (Lipinski definition) is 4. The van der Waals surface area contributed by atoms with E-state index >= 15 is 0 Å². The van der Waals surface area contributed by atoms with Crippen molar-refractivity contribution in [2.24, 2.45) is 0 Å². The largest absolute Gasteiger partial charge is 0.364 e. The van der Waals surface area contributed by atoms with E-state index in [2.05, 4.69) is 39.9 Å². The molecule has 3 rings (SSSR count). The predicted molar refractivity (Wildman–Crippen MR) is 99.7 cm³/mol.